The number of nitrogens with zero attached hydrogens (tertiary/aromatic N) is 3. The summed E-state index contributed by atoms with van der Waals surface area (Å²) in [5.41, 5.74) is 7.12. The first-order chi connectivity index (χ1) is 8.58. The number of aryl methyl sites for hydroxylation is 1. The second kappa shape index (κ2) is 4.83. The van der Waals surface area contributed by atoms with E-state index in [1.54, 1.807) is 6.20 Å². The standard InChI is InChI=1S/C13H15N5/c1-9-16-7-6-12(17-9)18(2)11-5-3-4-10(8-11)13(14)15/h3-8H,1-2H3,(H3,14,15). The molecular weight excluding hydrogens is 226 g/mol. The summed E-state index contributed by atoms with van der Waals surface area (Å²) in [6, 6.07) is 9.33. The molecule has 0 spiro atoms. The Balaban J connectivity index is 2.36. The summed E-state index contributed by atoms with van der Waals surface area (Å²) in [6.07, 6.45) is 1.73. The van der Waals surface area contributed by atoms with Crippen LogP contribution in [0, 0.1) is 12.3 Å². The summed E-state index contributed by atoms with van der Waals surface area (Å²) >= 11 is 0. The molecule has 18 heavy (non-hydrogen) atoms. The molecule has 0 radical (unpaired) electrons. The van der Waals surface area contributed by atoms with Gasteiger partial charge in [-0.2, -0.15) is 0 Å². The van der Waals surface area contributed by atoms with Gasteiger partial charge in [-0.15, -0.1) is 0 Å². The van der Waals surface area contributed by atoms with E-state index in [-0.39, 0.29) is 5.84 Å². The van der Waals surface area contributed by atoms with Gasteiger partial charge >= 0.3 is 0 Å². The quantitative estimate of drug-likeness (QED) is 0.634. The molecular formula is C13H15N5. The number of hydrogen-bond acceptors (Lipinski definition) is 4. The summed E-state index contributed by atoms with van der Waals surface area (Å²) < 4.78 is 0. The van der Waals surface area contributed by atoms with E-state index >= 15 is 0 Å². The Morgan fingerprint density at radius 1 is 1.33 bits per heavy atom. The molecule has 1 heterocycles. The van der Waals surface area contributed by atoms with E-state index in [1.807, 2.05) is 49.2 Å². The molecule has 0 aliphatic rings. The first kappa shape index (κ1) is 12.0. The fourth-order valence-corrected chi connectivity index (χ4v) is 1.64. The summed E-state index contributed by atoms with van der Waals surface area (Å²) in [5.74, 6) is 1.59. The van der Waals surface area contributed by atoms with Crippen LogP contribution >= 0.6 is 0 Å². The van der Waals surface area contributed by atoms with Gasteiger partial charge in [0.2, 0.25) is 0 Å². The third-order valence-electron chi connectivity index (χ3n) is 2.65. The molecule has 0 unspecified atom stereocenters. The average Bonchev–Trinajstić information content (AvgIpc) is 2.38. The van der Waals surface area contributed by atoms with E-state index < -0.39 is 0 Å². The van der Waals surface area contributed by atoms with Gasteiger partial charge in [-0.05, 0) is 25.1 Å². The number of nitrogens with two attached hydrogens (primary N) is 1. The number of rotatable bonds is 3. The summed E-state index contributed by atoms with van der Waals surface area (Å²) in [5, 5.41) is 7.45. The van der Waals surface area contributed by atoms with E-state index in [2.05, 4.69) is 9.97 Å². The molecule has 0 atom stereocenters. The molecule has 0 aliphatic heterocycles. The summed E-state index contributed by atoms with van der Waals surface area (Å²) in [6.45, 7) is 1.85. The van der Waals surface area contributed by atoms with Crippen molar-refractivity contribution in [3.63, 3.8) is 0 Å². The topological polar surface area (TPSA) is 78.9 Å². The predicted molar refractivity (Wildman–Crippen MR) is 72.3 cm³/mol. The van der Waals surface area contributed by atoms with Gasteiger partial charge in [-0.1, -0.05) is 12.1 Å². The lowest BCUT2D eigenvalue weighted by molar-refractivity contribution is 1.01. The molecule has 0 aliphatic carbocycles. The van der Waals surface area contributed by atoms with Crippen LogP contribution in [0.4, 0.5) is 11.5 Å². The lowest BCUT2D eigenvalue weighted by Crippen LogP contribution is -2.15. The number of aromatic nitrogens is 2. The smallest absolute Gasteiger partial charge is 0.136 e. The monoisotopic (exact) mass is 241 g/mol. The molecule has 0 saturated carbocycles. The molecule has 92 valence electrons. The molecule has 0 amide bonds. The predicted octanol–water partition coefficient (Wildman–Crippen LogP) is 1.84. The zero-order valence-corrected chi connectivity index (χ0v) is 10.4. The van der Waals surface area contributed by atoms with Crippen molar-refractivity contribution in [1.82, 2.24) is 9.97 Å². The van der Waals surface area contributed by atoms with E-state index in [4.69, 9.17) is 11.1 Å². The molecule has 0 saturated heterocycles. The zero-order valence-electron chi connectivity index (χ0n) is 10.4. The zero-order chi connectivity index (χ0) is 13.1. The van der Waals surface area contributed by atoms with Gasteiger partial charge in [0.15, 0.2) is 0 Å². The van der Waals surface area contributed by atoms with Crippen molar-refractivity contribution >= 4 is 17.3 Å². The highest BCUT2D eigenvalue weighted by molar-refractivity contribution is 5.95. The minimum Gasteiger partial charge on any atom is -0.384 e. The van der Waals surface area contributed by atoms with Gasteiger partial charge < -0.3 is 10.6 Å². The summed E-state index contributed by atoms with van der Waals surface area (Å²) in [7, 11) is 1.92. The van der Waals surface area contributed by atoms with E-state index in [0.717, 1.165) is 17.3 Å². The molecule has 1 aromatic heterocycles. The Labute approximate surface area is 106 Å². The molecule has 0 fully saturated rings. The Morgan fingerprint density at radius 3 is 2.78 bits per heavy atom. The van der Waals surface area contributed by atoms with Crippen LogP contribution in [0.25, 0.3) is 0 Å². The van der Waals surface area contributed by atoms with Crippen LogP contribution in [0.15, 0.2) is 36.5 Å². The van der Waals surface area contributed by atoms with E-state index in [0.29, 0.717) is 5.56 Å². The Kier molecular flexibility index (Phi) is 3.23. The van der Waals surface area contributed by atoms with Crippen LogP contribution in [0.2, 0.25) is 0 Å². The summed E-state index contributed by atoms with van der Waals surface area (Å²) in [4.78, 5) is 10.4. The molecule has 2 aromatic rings. The maximum atomic E-state index is 7.45. The third-order valence-corrected chi connectivity index (χ3v) is 2.65. The van der Waals surface area contributed by atoms with Crippen LogP contribution in [0.3, 0.4) is 0 Å². The van der Waals surface area contributed by atoms with Gasteiger partial charge in [0.1, 0.15) is 17.5 Å². The van der Waals surface area contributed by atoms with Crippen molar-refractivity contribution in [2.75, 3.05) is 11.9 Å². The van der Waals surface area contributed by atoms with Gasteiger partial charge in [0.05, 0.1) is 0 Å². The van der Waals surface area contributed by atoms with Gasteiger partial charge in [-0.25, -0.2) is 9.97 Å². The Morgan fingerprint density at radius 2 is 2.11 bits per heavy atom. The molecule has 0 bridgehead atoms. The van der Waals surface area contributed by atoms with Crippen molar-refractivity contribution in [2.24, 2.45) is 5.73 Å². The van der Waals surface area contributed by atoms with E-state index in [1.165, 1.54) is 0 Å². The van der Waals surface area contributed by atoms with Crippen LogP contribution in [0.1, 0.15) is 11.4 Å². The third kappa shape index (κ3) is 2.45. The first-order valence-corrected chi connectivity index (χ1v) is 5.56. The second-order valence-corrected chi connectivity index (χ2v) is 3.99. The van der Waals surface area contributed by atoms with Crippen molar-refractivity contribution < 1.29 is 0 Å². The second-order valence-electron chi connectivity index (χ2n) is 3.99. The largest absolute Gasteiger partial charge is 0.384 e. The Bertz CT molecular complexity index is 579. The number of nitrogen functional groups attached to an aromatic ring is 1. The number of benzene rings is 1. The van der Waals surface area contributed by atoms with Crippen LogP contribution in [0.5, 0.6) is 0 Å². The lowest BCUT2D eigenvalue weighted by Gasteiger charge is -2.19. The fourth-order valence-electron chi connectivity index (χ4n) is 1.64. The fraction of sp³-hybridized carbons (Fsp3) is 0.154. The number of nitrogens with one attached hydrogen (secondary N) is 1. The normalized spacial score (nSPS) is 10.1. The van der Waals surface area contributed by atoms with Crippen LogP contribution in [-0.2, 0) is 0 Å². The lowest BCUT2D eigenvalue weighted by atomic mass is 10.2. The highest BCUT2D eigenvalue weighted by Crippen LogP contribution is 2.22. The maximum absolute atomic E-state index is 7.45. The van der Waals surface area contributed by atoms with Gasteiger partial charge in [0, 0.05) is 24.5 Å². The van der Waals surface area contributed by atoms with Crippen molar-refractivity contribution in [3.8, 4) is 0 Å². The number of hydrogen-bond donors (Lipinski definition) is 2. The minimum atomic E-state index is 0.0594. The molecule has 1 aromatic carbocycles. The maximum Gasteiger partial charge on any atom is 0.136 e. The molecule has 5 nitrogen and oxygen atoms in total. The highest BCUT2D eigenvalue weighted by Gasteiger charge is 2.07. The molecule has 2 rings (SSSR count). The van der Waals surface area contributed by atoms with Gasteiger partial charge in [0.25, 0.3) is 0 Å². The van der Waals surface area contributed by atoms with Crippen molar-refractivity contribution in [3.05, 3.63) is 47.9 Å². The highest BCUT2D eigenvalue weighted by atomic mass is 15.2. The van der Waals surface area contributed by atoms with Crippen molar-refractivity contribution in [2.45, 2.75) is 6.92 Å². The Hall–Kier alpha value is -2.43. The van der Waals surface area contributed by atoms with Crippen molar-refractivity contribution in [1.29, 1.82) is 5.41 Å². The first-order valence-electron chi connectivity index (χ1n) is 5.56. The molecule has 3 N–H and O–H groups in total. The minimum absolute atomic E-state index is 0.0594. The SMILES string of the molecule is Cc1nccc(N(C)c2cccc(C(=N)N)c2)n1. The van der Waals surface area contributed by atoms with Crippen LogP contribution < -0.4 is 10.6 Å². The number of amidine groups is 1. The van der Waals surface area contributed by atoms with Crippen LogP contribution in [-0.4, -0.2) is 22.9 Å². The number of anilines is 2. The van der Waals surface area contributed by atoms with E-state index in [9.17, 15) is 0 Å². The van der Waals surface area contributed by atoms with Gasteiger partial charge in [-0.3, -0.25) is 5.41 Å². The average molecular weight is 241 g/mol. The molecule has 5 heteroatoms.